The highest BCUT2D eigenvalue weighted by molar-refractivity contribution is 6.03. The Labute approximate surface area is 136 Å². The number of hydrogen-bond acceptors (Lipinski definition) is 4. The topological polar surface area (TPSA) is 77.8 Å². The van der Waals surface area contributed by atoms with Crippen molar-refractivity contribution in [2.45, 2.75) is 26.2 Å². The number of unbranched alkanes of at least 4 members (excludes halogenated alkanes) is 2. The van der Waals surface area contributed by atoms with Crippen molar-refractivity contribution in [1.82, 2.24) is 4.98 Å². The summed E-state index contributed by atoms with van der Waals surface area (Å²) in [5, 5.41) is 14.8. The van der Waals surface area contributed by atoms with E-state index in [0.29, 0.717) is 16.9 Å². The van der Waals surface area contributed by atoms with Gasteiger partial charge >= 0.3 is 0 Å². The van der Waals surface area contributed by atoms with Gasteiger partial charge in [-0.3, -0.25) is 9.78 Å². The van der Waals surface area contributed by atoms with Gasteiger partial charge in [0, 0.05) is 24.1 Å². The van der Waals surface area contributed by atoms with Crippen LogP contribution in [0.15, 0.2) is 42.6 Å². The molecule has 0 spiro atoms. The number of amides is 1. The molecule has 0 bridgehead atoms. The Morgan fingerprint density at radius 3 is 2.65 bits per heavy atom. The molecular weight excluding hydrogens is 288 g/mol. The van der Waals surface area contributed by atoms with E-state index in [2.05, 4.69) is 22.5 Å². The number of hydrogen-bond donors (Lipinski definition) is 2. The second kappa shape index (κ2) is 8.54. The zero-order chi connectivity index (χ0) is 16.5. The van der Waals surface area contributed by atoms with Crippen molar-refractivity contribution in [2.24, 2.45) is 0 Å². The molecule has 2 aromatic rings. The number of anilines is 2. The van der Waals surface area contributed by atoms with E-state index in [9.17, 15) is 4.79 Å². The van der Waals surface area contributed by atoms with Crippen LogP contribution in [-0.2, 0) is 0 Å². The third kappa shape index (κ3) is 5.11. The quantitative estimate of drug-likeness (QED) is 0.762. The van der Waals surface area contributed by atoms with Gasteiger partial charge in [0.2, 0.25) is 0 Å². The Hall–Kier alpha value is -2.87. The predicted octanol–water partition coefficient (Wildman–Crippen LogP) is 3.81. The molecule has 1 aromatic carbocycles. The molecule has 1 heterocycles. The third-order valence-corrected chi connectivity index (χ3v) is 3.37. The summed E-state index contributed by atoms with van der Waals surface area (Å²) in [6.45, 7) is 3.05. The van der Waals surface area contributed by atoms with Crippen LogP contribution in [-0.4, -0.2) is 17.4 Å². The number of carbonyl (C=O) groups is 1. The Morgan fingerprint density at radius 1 is 1.17 bits per heavy atom. The van der Waals surface area contributed by atoms with Gasteiger partial charge in [0.25, 0.3) is 5.91 Å². The fourth-order valence-corrected chi connectivity index (χ4v) is 2.10. The van der Waals surface area contributed by atoms with E-state index in [1.54, 1.807) is 36.5 Å². The van der Waals surface area contributed by atoms with Crippen molar-refractivity contribution in [1.29, 1.82) is 5.26 Å². The van der Waals surface area contributed by atoms with Crippen LogP contribution in [0.3, 0.4) is 0 Å². The molecule has 0 saturated heterocycles. The summed E-state index contributed by atoms with van der Waals surface area (Å²) in [5.41, 5.74) is 2.44. The van der Waals surface area contributed by atoms with Gasteiger partial charge in [-0.05, 0) is 42.8 Å². The van der Waals surface area contributed by atoms with Crippen molar-refractivity contribution in [3.05, 3.63) is 53.9 Å². The number of rotatable bonds is 7. The minimum atomic E-state index is -0.271. The second-order valence-electron chi connectivity index (χ2n) is 5.21. The lowest BCUT2D eigenvalue weighted by atomic mass is 10.2. The van der Waals surface area contributed by atoms with Gasteiger partial charge in [-0.2, -0.15) is 5.26 Å². The van der Waals surface area contributed by atoms with Crippen molar-refractivity contribution in [2.75, 3.05) is 17.2 Å². The maximum absolute atomic E-state index is 12.2. The fourth-order valence-electron chi connectivity index (χ4n) is 2.10. The average Bonchev–Trinajstić information content (AvgIpc) is 2.60. The van der Waals surface area contributed by atoms with E-state index in [1.807, 2.05) is 12.1 Å². The summed E-state index contributed by atoms with van der Waals surface area (Å²) in [6.07, 6.45) is 5.09. The molecular formula is C18H20N4O. The van der Waals surface area contributed by atoms with Crippen LogP contribution >= 0.6 is 0 Å². The smallest absolute Gasteiger partial charge is 0.274 e. The lowest BCUT2D eigenvalue weighted by molar-refractivity contribution is 0.102. The van der Waals surface area contributed by atoms with Crippen molar-refractivity contribution in [3.63, 3.8) is 0 Å². The van der Waals surface area contributed by atoms with Crippen LogP contribution in [0.4, 0.5) is 11.4 Å². The van der Waals surface area contributed by atoms with Gasteiger partial charge in [-0.25, -0.2) is 0 Å². The molecule has 0 unspecified atom stereocenters. The van der Waals surface area contributed by atoms with Crippen LogP contribution in [0.5, 0.6) is 0 Å². The highest BCUT2D eigenvalue weighted by Gasteiger charge is 2.08. The lowest BCUT2D eigenvalue weighted by Crippen LogP contribution is -2.14. The summed E-state index contributed by atoms with van der Waals surface area (Å²) < 4.78 is 0. The SMILES string of the molecule is CCCCCNc1ccnc(C(=O)Nc2ccc(C#N)cc2)c1. The normalized spacial score (nSPS) is 9.91. The average molecular weight is 308 g/mol. The zero-order valence-electron chi connectivity index (χ0n) is 13.2. The maximum Gasteiger partial charge on any atom is 0.274 e. The predicted molar refractivity (Wildman–Crippen MR) is 91.4 cm³/mol. The molecule has 0 radical (unpaired) electrons. The van der Waals surface area contributed by atoms with Crippen molar-refractivity contribution >= 4 is 17.3 Å². The number of benzene rings is 1. The molecule has 0 atom stereocenters. The number of aromatic nitrogens is 1. The molecule has 0 aliphatic heterocycles. The van der Waals surface area contributed by atoms with Gasteiger partial charge in [0.1, 0.15) is 5.69 Å². The van der Waals surface area contributed by atoms with Gasteiger partial charge in [0.15, 0.2) is 0 Å². The molecule has 1 aromatic heterocycles. The summed E-state index contributed by atoms with van der Waals surface area (Å²) >= 11 is 0. The number of nitrogens with zero attached hydrogens (tertiary/aromatic N) is 2. The number of pyridine rings is 1. The van der Waals surface area contributed by atoms with E-state index in [0.717, 1.165) is 18.7 Å². The van der Waals surface area contributed by atoms with Crippen molar-refractivity contribution < 1.29 is 4.79 Å². The molecule has 1 amide bonds. The Bertz CT molecular complexity index is 689. The first-order valence-corrected chi connectivity index (χ1v) is 7.74. The van der Waals surface area contributed by atoms with Gasteiger partial charge in [-0.15, -0.1) is 0 Å². The summed E-state index contributed by atoms with van der Waals surface area (Å²) in [7, 11) is 0. The first-order valence-electron chi connectivity index (χ1n) is 7.74. The largest absolute Gasteiger partial charge is 0.385 e. The molecule has 0 aliphatic carbocycles. The highest BCUT2D eigenvalue weighted by Crippen LogP contribution is 2.13. The van der Waals surface area contributed by atoms with E-state index < -0.39 is 0 Å². The third-order valence-electron chi connectivity index (χ3n) is 3.37. The Balaban J connectivity index is 1.97. The minimum Gasteiger partial charge on any atom is -0.385 e. The molecule has 5 nitrogen and oxygen atoms in total. The van der Waals surface area contributed by atoms with E-state index >= 15 is 0 Å². The molecule has 0 aliphatic rings. The molecule has 0 saturated carbocycles. The first-order chi connectivity index (χ1) is 11.2. The zero-order valence-corrected chi connectivity index (χ0v) is 13.2. The summed E-state index contributed by atoms with van der Waals surface area (Å²) in [6, 6.07) is 12.4. The Kier molecular flexibility index (Phi) is 6.13. The van der Waals surface area contributed by atoms with E-state index in [-0.39, 0.29) is 5.91 Å². The van der Waals surface area contributed by atoms with Crippen LogP contribution in [0.1, 0.15) is 42.2 Å². The van der Waals surface area contributed by atoms with E-state index in [4.69, 9.17) is 5.26 Å². The summed E-state index contributed by atoms with van der Waals surface area (Å²) in [5.74, 6) is -0.271. The fraction of sp³-hybridized carbons (Fsp3) is 0.278. The summed E-state index contributed by atoms with van der Waals surface area (Å²) in [4.78, 5) is 16.3. The molecule has 2 N–H and O–H groups in total. The van der Waals surface area contributed by atoms with Crippen LogP contribution in [0.2, 0.25) is 0 Å². The van der Waals surface area contributed by atoms with Crippen molar-refractivity contribution in [3.8, 4) is 6.07 Å². The standard InChI is InChI=1S/C18H20N4O/c1-2-3-4-10-20-16-9-11-21-17(12-16)18(23)22-15-7-5-14(13-19)6-8-15/h5-9,11-12H,2-4,10H2,1H3,(H,20,21)(H,22,23). The lowest BCUT2D eigenvalue weighted by Gasteiger charge is -2.08. The second-order valence-corrected chi connectivity index (χ2v) is 5.21. The van der Waals surface area contributed by atoms with Gasteiger partial charge in [-0.1, -0.05) is 19.8 Å². The molecule has 2 rings (SSSR count). The molecule has 118 valence electrons. The number of nitrogens with one attached hydrogen (secondary N) is 2. The maximum atomic E-state index is 12.2. The monoisotopic (exact) mass is 308 g/mol. The molecule has 0 fully saturated rings. The van der Waals surface area contributed by atoms with Crippen LogP contribution in [0.25, 0.3) is 0 Å². The molecule has 5 heteroatoms. The van der Waals surface area contributed by atoms with Crippen LogP contribution < -0.4 is 10.6 Å². The highest BCUT2D eigenvalue weighted by atomic mass is 16.1. The Morgan fingerprint density at radius 2 is 1.96 bits per heavy atom. The van der Waals surface area contributed by atoms with Crippen LogP contribution in [0, 0.1) is 11.3 Å². The minimum absolute atomic E-state index is 0.271. The number of nitriles is 1. The number of carbonyl (C=O) groups excluding carboxylic acids is 1. The first kappa shape index (κ1) is 16.5. The van der Waals surface area contributed by atoms with E-state index in [1.165, 1.54) is 12.8 Å². The molecule has 23 heavy (non-hydrogen) atoms. The van der Waals surface area contributed by atoms with Gasteiger partial charge < -0.3 is 10.6 Å². The van der Waals surface area contributed by atoms with Gasteiger partial charge in [0.05, 0.1) is 11.6 Å².